The molecule has 18 heavy (non-hydrogen) atoms. The minimum atomic E-state index is -1.19. The highest BCUT2D eigenvalue weighted by atomic mass is 16.2. The van der Waals surface area contributed by atoms with Gasteiger partial charge in [-0.1, -0.05) is 18.2 Å². The quantitative estimate of drug-likeness (QED) is 0.529. The Kier molecular flexibility index (Phi) is 7.01. The summed E-state index contributed by atoms with van der Waals surface area (Å²) in [6.45, 7) is 10.4. The molecular weight excluding hydrogens is 228 g/mol. The van der Waals surface area contributed by atoms with Crippen LogP contribution >= 0.6 is 0 Å². The van der Waals surface area contributed by atoms with Crippen LogP contribution in [0.4, 0.5) is 0 Å². The van der Waals surface area contributed by atoms with E-state index in [1.54, 1.807) is 17.1 Å². The summed E-state index contributed by atoms with van der Waals surface area (Å²) in [6.07, 6.45) is 5.78. The van der Waals surface area contributed by atoms with Crippen LogP contribution in [0.25, 0.3) is 0 Å². The van der Waals surface area contributed by atoms with Crippen molar-refractivity contribution in [1.82, 2.24) is 4.90 Å². The van der Waals surface area contributed by atoms with Gasteiger partial charge in [-0.2, -0.15) is 0 Å². The predicted octanol–water partition coefficient (Wildman–Crippen LogP) is 1.87. The molecule has 4 nitrogen and oxygen atoms in total. The van der Waals surface area contributed by atoms with Crippen molar-refractivity contribution in [2.45, 2.75) is 33.6 Å². The number of allylic oxidation sites excluding steroid dienone is 3. The van der Waals surface area contributed by atoms with Gasteiger partial charge in [0.05, 0.1) is 0 Å². The van der Waals surface area contributed by atoms with Crippen molar-refractivity contribution in [3.05, 3.63) is 24.8 Å². The van der Waals surface area contributed by atoms with Crippen LogP contribution in [-0.4, -0.2) is 29.8 Å². The molecular formula is C14H24N2O2. The Balaban J connectivity index is 5.45. The largest absolute Gasteiger partial charge is 0.369 e. The second kappa shape index (κ2) is 7.69. The molecule has 0 aromatic heterocycles. The first kappa shape index (κ1) is 16.4. The van der Waals surface area contributed by atoms with Crippen molar-refractivity contribution in [3.63, 3.8) is 0 Å². The zero-order valence-corrected chi connectivity index (χ0v) is 11.6. The smallest absolute Gasteiger partial charge is 0.238 e. The lowest BCUT2D eigenvalue weighted by Gasteiger charge is -2.32. The fourth-order valence-corrected chi connectivity index (χ4v) is 1.94. The number of hydrogen-bond donors (Lipinski definition) is 1. The van der Waals surface area contributed by atoms with Gasteiger partial charge in [0.2, 0.25) is 11.8 Å². The van der Waals surface area contributed by atoms with Gasteiger partial charge in [-0.15, -0.1) is 6.58 Å². The van der Waals surface area contributed by atoms with E-state index in [2.05, 4.69) is 6.58 Å². The van der Waals surface area contributed by atoms with Gasteiger partial charge in [0.1, 0.15) is 5.41 Å². The van der Waals surface area contributed by atoms with Gasteiger partial charge >= 0.3 is 0 Å². The van der Waals surface area contributed by atoms with E-state index in [4.69, 9.17) is 5.73 Å². The molecule has 2 amide bonds. The molecule has 0 aliphatic rings. The Morgan fingerprint density at radius 3 is 2.17 bits per heavy atom. The average molecular weight is 252 g/mol. The lowest BCUT2D eigenvalue weighted by atomic mass is 9.78. The van der Waals surface area contributed by atoms with Crippen molar-refractivity contribution in [1.29, 1.82) is 0 Å². The maximum atomic E-state index is 12.5. The van der Waals surface area contributed by atoms with E-state index in [1.807, 2.05) is 26.8 Å². The second-order valence-electron chi connectivity index (χ2n) is 4.19. The maximum absolute atomic E-state index is 12.5. The molecule has 0 radical (unpaired) electrons. The van der Waals surface area contributed by atoms with Crippen LogP contribution in [-0.2, 0) is 9.59 Å². The number of rotatable bonds is 8. The molecule has 0 aliphatic carbocycles. The molecule has 0 saturated carbocycles. The van der Waals surface area contributed by atoms with Crippen LogP contribution in [0.15, 0.2) is 24.8 Å². The van der Waals surface area contributed by atoms with Gasteiger partial charge in [-0.25, -0.2) is 0 Å². The molecule has 0 spiro atoms. The third-order valence-corrected chi connectivity index (χ3v) is 3.13. The fourth-order valence-electron chi connectivity index (χ4n) is 1.94. The summed E-state index contributed by atoms with van der Waals surface area (Å²) < 4.78 is 0. The van der Waals surface area contributed by atoms with Crippen LogP contribution in [0.1, 0.15) is 33.6 Å². The Morgan fingerprint density at radius 2 is 1.83 bits per heavy atom. The lowest BCUT2D eigenvalue weighted by Crippen LogP contribution is -2.51. The van der Waals surface area contributed by atoms with Crippen molar-refractivity contribution >= 4 is 11.8 Å². The average Bonchev–Trinajstić information content (AvgIpc) is 2.35. The van der Waals surface area contributed by atoms with E-state index >= 15 is 0 Å². The minimum Gasteiger partial charge on any atom is -0.369 e. The first-order chi connectivity index (χ1) is 8.49. The highest BCUT2D eigenvalue weighted by molar-refractivity contribution is 6.04. The predicted molar refractivity (Wildman–Crippen MR) is 73.8 cm³/mol. The van der Waals surface area contributed by atoms with Crippen LogP contribution in [0.3, 0.4) is 0 Å². The molecule has 0 heterocycles. The van der Waals surface area contributed by atoms with E-state index in [0.29, 0.717) is 19.5 Å². The Labute approximate surface area is 110 Å². The van der Waals surface area contributed by atoms with Gasteiger partial charge in [-0.3, -0.25) is 9.59 Å². The summed E-state index contributed by atoms with van der Waals surface area (Å²) in [7, 11) is 0. The van der Waals surface area contributed by atoms with E-state index in [0.717, 1.165) is 0 Å². The highest BCUT2D eigenvalue weighted by Crippen LogP contribution is 2.30. The van der Waals surface area contributed by atoms with Crippen molar-refractivity contribution in [2.75, 3.05) is 13.1 Å². The van der Waals surface area contributed by atoms with Crippen molar-refractivity contribution in [3.8, 4) is 0 Å². The monoisotopic (exact) mass is 252 g/mol. The zero-order valence-electron chi connectivity index (χ0n) is 11.6. The Morgan fingerprint density at radius 1 is 1.28 bits per heavy atom. The highest BCUT2D eigenvalue weighted by Gasteiger charge is 2.44. The lowest BCUT2D eigenvalue weighted by molar-refractivity contribution is -0.148. The van der Waals surface area contributed by atoms with E-state index in [-0.39, 0.29) is 12.3 Å². The summed E-state index contributed by atoms with van der Waals surface area (Å²) in [5.41, 5.74) is 4.28. The molecule has 1 atom stereocenters. The third-order valence-electron chi connectivity index (χ3n) is 3.13. The molecule has 0 saturated heterocycles. The molecule has 102 valence electrons. The van der Waals surface area contributed by atoms with Gasteiger partial charge < -0.3 is 10.6 Å². The van der Waals surface area contributed by atoms with Crippen LogP contribution in [0, 0.1) is 5.41 Å². The first-order valence-electron chi connectivity index (χ1n) is 6.31. The molecule has 2 N–H and O–H groups in total. The number of nitrogens with two attached hydrogens (primary N) is 1. The zero-order chi connectivity index (χ0) is 14.2. The normalized spacial score (nSPS) is 14.2. The standard InChI is InChI=1S/C14H24N2O2/c1-5-9-11-14(10-6-2,12(15)17)13(18)16(7-3)8-4/h5-6,9H,2,7-8,10-11H2,1,3-4H3,(H2,15,17). The van der Waals surface area contributed by atoms with E-state index in [1.165, 1.54) is 0 Å². The molecule has 0 aromatic rings. The van der Waals surface area contributed by atoms with Gasteiger partial charge in [0.15, 0.2) is 0 Å². The summed E-state index contributed by atoms with van der Waals surface area (Å²) in [5.74, 6) is -0.796. The van der Waals surface area contributed by atoms with Crippen molar-refractivity contribution < 1.29 is 9.59 Å². The molecule has 4 heteroatoms. The first-order valence-corrected chi connectivity index (χ1v) is 6.31. The van der Waals surface area contributed by atoms with Gasteiger partial charge in [0, 0.05) is 13.1 Å². The van der Waals surface area contributed by atoms with Gasteiger partial charge in [-0.05, 0) is 33.6 Å². The molecule has 0 fully saturated rings. The van der Waals surface area contributed by atoms with Crippen LogP contribution in [0.5, 0.6) is 0 Å². The van der Waals surface area contributed by atoms with Crippen LogP contribution in [0.2, 0.25) is 0 Å². The second-order valence-corrected chi connectivity index (χ2v) is 4.19. The van der Waals surface area contributed by atoms with E-state index in [9.17, 15) is 9.59 Å². The minimum absolute atomic E-state index is 0.210. The SMILES string of the molecule is C=CCC(CC=CC)(C(N)=O)C(=O)N(CC)CC. The number of hydrogen-bond acceptors (Lipinski definition) is 2. The number of amides is 2. The Hall–Kier alpha value is -1.58. The summed E-state index contributed by atoms with van der Waals surface area (Å²) in [6, 6.07) is 0. The fraction of sp³-hybridized carbons (Fsp3) is 0.571. The molecule has 0 aliphatic heterocycles. The molecule has 1 unspecified atom stereocenters. The number of nitrogens with zero attached hydrogens (tertiary/aromatic N) is 1. The maximum Gasteiger partial charge on any atom is 0.238 e. The third kappa shape index (κ3) is 3.45. The number of carbonyl (C=O) groups is 2. The summed E-state index contributed by atoms with van der Waals surface area (Å²) in [4.78, 5) is 25.9. The topological polar surface area (TPSA) is 63.4 Å². The number of carbonyl (C=O) groups excluding carboxylic acids is 2. The molecule has 0 aromatic carbocycles. The summed E-state index contributed by atoms with van der Waals surface area (Å²) >= 11 is 0. The molecule has 0 bridgehead atoms. The Bertz CT molecular complexity index is 333. The van der Waals surface area contributed by atoms with E-state index < -0.39 is 11.3 Å². The van der Waals surface area contributed by atoms with Gasteiger partial charge in [0.25, 0.3) is 0 Å². The number of primary amides is 1. The van der Waals surface area contributed by atoms with Crippen molar-refractivity contribution in [2.24, 2.45) is 11.1 Å². The summed E-state index contributed by atoms with van der Waals surface area (Å²) in [5, 5.41) is 0. The molecule has 0 rings (SSSR count). The van der Waals surface area contributed by atoms with Crippen LogP contribution < -0.4 is 5.73 Å².